The quantitative estimate of drug-likeness (QED) is 0.624. The lowest BCUT2D eigenvalue weighted by Gasteiger charge is -2.17. The van der Waals surface area contributed by atoms with Crippen LogP contribution in [0.2, 0.25) is 0 Å². The molecule has 2 aromatic carbocycles. The molecule has 1 unspecified atom stereocenters. The molecule has 0 radical (unpaired) electrons. The van der Waals surface area contributed by atoms with Crippen LogP contribution in [0.25, 0.3) is 0 Å². The second-order valence-electron chi connectivity index (χ2n) is 6.39. The van der Waals surface area contributed by atoms with Crippen LogP contribution in [0.15, 0.2) is 42.5 Å². The van der Waals surface area contributed by atoms with E-state index in [2.05, 4.69) is 10.6 Å². The number of anilines is 3. The van der Waals surface area contributed by atoms with Crippen LogP contribution in [0.5, 0.6) is 0 Å². The number of benzene rings is 2. The summed E-state index contributed by atoms with van der Waals surface area (Å²) in [5.74, 6) is -0.373. The first kappa shape index (κ1) is 18.4. The molecule has 0 spiro atoms. The van der Waals surface area contributed by atoms with Crippen LogP contribution in [0.4, 0.5) is 22.7 Å². The third-order valence-electron chi connectivity index (χ3n) is 4.49. The minimum Gasteiger partial charge on any atom is -0.374 e. The Balaban J connectivity index is 1.69. The number of nitrogens with one attached hydrogen (secondary N) is 2. The standard InChI is InChI=1S/C19H20N4O4/c1-12(19(25)21-16-5-3-4-6-18(16)23(26)27)20-15-7-8-17-14(11-15)9-10-22(17)13(2)24/h3-8,11-12,20H,9-10H2,1-2H3,(H,21,25). The van der Waals surface area contributed by atoms with Gasteiger partial charge in [-0.25, -0.2) is 0 Å². The molecule has 2 N–H and O–H groups in total. The Labute approximate surface area is 156 Å². The van der Waals surface area contributed by atoms with Gasteiger partial charge in [0.25, 0.3) is 5.69 Å². The van der Waals surface area contributed by atoms with E-state index in [9.17, 15) is 19.7 Å². The van der Waals surface area contributed by atoms with Gasteiger partial charge in [-0.1, -0.05) is 12.1 Å². The fourth-order valence-electron chi connectivity index (χ4n) is 3.11. The van der Waals surface area contributed by atoms with Gasteiger partial charge in [-0.15, -0.1) is 0 Å². The maximum atomic E-state index is 12.4. The summed E-state index contributed by atoms with van der Waals surface area (Å²) in [7, 11) is 0. The van der Waals surface area contributed by atoms with Crippen LogP contribution < -0.4 is 15.5 Å². The van der Waals surface area contributed by atoms with Gasteiger partial charge in [0.1, 0.15) is 11.7 Å². The summed E-state index contributed by atoms with van der Waals surface area (Å²) < 4.78 is 0. The molecule has 0 bridgehead atoms. The molecule has 8 heteroatoms. The first-order chi connectivity index (χ1) is 12.9. The maximum Gasteiger partial charge on any atom is 0.292 e. The Hall–Kier alpha value is -3.42. The fraction of sp³-hybridized carbons (Fsp3) is 0.263. The van der Waals surface area contributed by atoms with Gasteiger partial charge in [0.05, 0.1) is 4.92 Å². The molecule has 0 aliphatic carbocycles. The van der Waals surface area contributed by atoms with Crippen molar-refractivity contribution in [1.29, 1.82) is 0 Å². The van der Waals surface area contributed by atoms with E-state index < -0.39 is 11.0 Å². The number of fused-ring (bicyclic) bond motifs is 1. The van der Waals surface area contributed by atoms with Crippen molar-refractivity contribution in [3.63, 3.8) is 0 Å². The number of hydrogen-bond donors (Lipinski definition) is 2. The van der Waals surface area contributed by atoms with Crippen LogP contribution in [-0.2, 0) is 16.0 Å². The average Bonchev–Trinajstić information content (AvgIpc) is 3.05. The number of nitrogens with zero attached hydrogens (tertiary/aromatic N) is 2. The van der Waals surface area contributed by atoms with E-state index in [0.717, 1.165) is 23.4 Å². The van der Waals surface area contributed by atoms with E-state index in [-0.39, 0.29) is 23.2 Å². The molecule has 2 aromatic rings. The molecule has 0 aromatic heterocycles. The van der Waals surface area contributed by atoms with Crippen molar-refractivity contribution in [2.24, 2.45) is 0 Å². The highest BCUT2D eigenvalue weighted by molar-refractivity contribution is 5.98. The highest BCUT2D eigenvalue weighted by atomic mass is 16.6. The van der Waals surface area contributed by atoms with Crippen molar-refractivity contribution in [3.8, 4) is 0 Å². The minimum atomic E-state index is -0.604. The van der Waals surface area contributed by atoms with E-state index in [0.29, 0.717) is 6.54 Å². The second-order valence-corrected chi connectivity index (χ2v) is 6.39. The zero-order valence-corrected chi connectivity index (χ0v) is 15.1. The Bertz CT molecular complexity index is 912. The molecule has 2 amide bonds. The lowest BCUT2D eigenvalue weighted by molar-refractivity contribution is -0.383. The molecular weight excluding hydrogens is 348 g/mol. The zero-order valence-electron chi connectivity index (χ0n) is 15.1. The highest BCUT2D eigenvalue weighted by Gasteiger charge is 2.23. The van der Waals surface area contributed by atoms with E-state index in [4.69, 9.17) is 0 Å². The zero-order chi connectivity index (χ0) is 19.6. The van der Waals surface area contributed by atoms with Crippen molar-refractivity contribution in [1.82, 2.24) is 0 Å². The smallest absolute Gasteiger partial charge is 0.292 e. The number of nitro benzene ring substituents is 1. The Kier molecular flexibility index (Phi) is 5.07. The van der Waals surface area contributed by atoms with Gasteiger partial charge in [-0.05, 0) is 43.2 Å². The largest absolute Gasteiger partial charge is 0.374 e. The Morgan fingerprint density at radius 3 is 2.67 bits per heavy atom. The molecule has 0 saturated carbocycles. The van der Waals surface area contributed by atoms with E-state index in [1.807, 2.05) is 18.2 Å². The molecule has 27 heavy (non-hydrogen) atoms. The van der Waals surface area contributed by atoms with Crippen LogP contribution in [-0.4, -0.2) is 29.3 Å². The van der Waals surface area contributed by atoms with Gasteiger partial charge < -0.3 is 15.5 Å². The van der Waals surface area contributed by atoms with Crippen molar-refractivity contribution in [3.05, 3.63) is 58.1 Å². The molecule has 0 fully saturated rings. The highest BCUT2D eigenvalue weighted by Crippen LogP contribution is 2.31. The number of amides is 2. The number of rotatable bonds is 5. The summed E-state index contributed by atoms with van der Waals surface area (Å²) in [5.41, 5.74) is 2.70. The summed E-state index contributed by atoms with van der Waals surface area (Å²) in [6, 6.07) is 11.0. The molecule has 1 aliphatic rings. The van der Waals surface area contributed by atoms with Crippen LogP contribution in [0, 0.1) is 10.1 Å². The van der Waals surface area contributed by atoms with Gasteiger partial charge in [-0.2, -0.15) is 0 Å². The van der Waals surface area contributed by atoms with Crippen LogP contribution >= 0.6 is 0 Å². The normalized spacial score (nSPS) is 13.6. The van der Waals surface area contributed by atoms with Gasteiger partial charge in [0.15, 0.2) is 0 Å². The third kappa shape index (κ3) is 3.89. The van der Waals surface area contributed by atoms with E-state index >= 15 is 0 Å². The molecule has 1 aliphatic heterocycles. The average molecular weight is 368 g/mol. The SMILES string of the molecule is CC(=O)N1CCc2cc(NC(C)C(=O)Nc3ccccc3[N+](=O)[O-])ccc21. The Morgan fingerprint density at radius 2 is 1.96 bits per heavy atom. The number of hydrogen-bond acceptors (Lipinski definition) is 5. The van der Waals surface area contributed by atoms with Gasteiger partial charge >= 0.3 is 0 Å². The number of para-hydroxylation sites is 2. The fourth-order valence-corrected chi connectivity index (χ4v) is 3.11. The predicted octanol–water partition coefficient (Wildman–Crippen LogP) is 2.94. The lowest BCUT2D eigenvalue weighted by Crippen LogP contribution is -2.32. The minimum absolute atomic E-state index is 0.00617. The summed E-state index contributed by atoms with van der Waals surface area (Å²) >= 11 is 0. The maximum absolute atomic E-state index is 12.4. The van der Waals surface area contributed by atoms with Gasteiger partial charge in [0, 0.05) is 30.9 Å². The first-order valence-electron chi connectivity index (χ1n) is 8.58. The predicted molar refractivity (Wildman–Crippen MR) is 103 cm³/mol. The Morgan fingerprint density at radius 1 is 1.22 bits per heavy atom. The summed E-state index contributed by atoms with van der Waals surface area (Å²) in [5, 5.41) is 16.7. The topological polar surface area (TPSA) is 105 Å². The molecule has 3 rings (SSSR count). The number of nitro groups is 1. The molecule has 1 atom stereocenters. The summed E-state index contributed by atoms with van der Waals surface area (Å²) in [6.45, 7) is 3.87. The summed E-state index contributed by atoms with van der Waals surface area (Å²) in [6.07, 6.45) is 0.765. The third-order valence-corrected chi connectivity index (χ3v) is 4.49. The van der Waals surface area contributed by atoms with Crippen molar-refractivity contribution >= 4 is 34.6 Å². The molecule has 140 valence electrons. The lowest BCUT2D eigenvalue weighted by atomic mass is 10.1. The van der Waals surface area contributed by atoms with Crippen LogP contribution in [0.1, 0.15) is 19.4 Å². The number of carbonyl (C=O) groups excluding carboxylic acids is 2. The number of carbonyl (C=O) groups is 2. The van der Waals surface area contributed by atoms with Gasteiger partial charge in [-0.3, -0.25) is 19.7 Å². The van der Waals surface area contributed by atoms with Crippen molar-refractivity contribution in [2.75, 3.05) is 22.1 Å². The molecular formula is C19H20N4O4. The first-order valence-corrected chi connectivity index (χ1v) is 8.58. The van der Waals surface area contributed by atoms with Crippen molar-refractivity contribution in [2.45, 2.75) is 26.3 Å². The van der Waals surface area contributed by atoms with Crippen molar-refractivity contribution < 1.29 is 14.5 Å². The van der Waals surface area contributed by atoms with Gasteiger partial charge in [0.2, 0.25) is 11.8 Å². The van der Waals surface area contributed by atoms with E-state index in [1.165, 1.54) is 19.1 Å². The molecule has 0 saturated heterocycles. The molecule has 8 nitrogen and oxygen atoms in total. The second kappa shape index (κ2) is 7.45. The van der Waals surface area contributed by atoms with E-state index in [1.54, 1.807) is 24.0 Å². The monoisotopic (exact) mass is 368 g/mol. The summed E-state index contributed by atoms with van der Waals surface area (Å²) in [4.78, 5) is 36.3. The van der Waals surface area contributed by atoms with Crippen LogP contribution in [0.3, 0.4) is 0 Å². The molecule has 1 heterocycles.